The van der Waals surface area contributed by atoms with E-state index in [0.717, 1.165) is 5.56 Å². The van der Waals surface area contributed by atoms with Crippen LogP contribution in [0.3, 0.4) is 0 Å². The van der Waals surface area contributed by atoms with E-state index >= 15 is 0 Å². The zero-order valence-corrected chi connectivity index (χ0v) is 14.7. The zero-order chi connectivity index (χ0) is 17.7. The highest BCUT2D eigenvalue weighted by atomic mass is 16.5. The molecule has 1 heterocycles. The summed E-state index contributed by atoms with van der Waals surface area (Å²) in [5.74, 6) is 1.20. The predicted molar refractivity (Wildman–Crippen MR) is 90.0 cm³/mol. The number of ether oxygens (including phenoxy) is 2. The summed E-state index contributed by atoms with van der Waals surface area (Å²) in [5.41, 5.74) is 0.932. The Bertz CT molecular complexity index is 670. The van der Waals surface area contributed by atoms with E-state index in [4.69, 9.17) is 9.47 Å². The molecule has 0 fully saturated rings. The highest BCUT2D eigenvalue weighted by Crippen LogP contribution is 2.31. The number of rotatable bonds is 7. The van der Waals surface area contributed by atoms with Crippen molar-refractivity contribution in [2.75, 3.05) is 7.11 Å². The average molecular weight is 332 g/mol. The first-order chi connectivity index (χ1) is 11.4. The highest BCUT2D eigenvalue weighted by molar-refractivity contribution is 5.80. The molecule has 0 spiro atoms. The Morgan fingerprint density at radius 2 is 1.96 bits per heavy atom. The molecule has 130 valence electrons. The Kier molecular flexibility index (Phi) is 5.78. The van der Waals surface area contributed by atoms with Gasteiger partial charge in [-0.25, -0.2) is 9.67 Å². The lowest BCUT2D eigenvalue weighted by Crippen LogP contribution is -2.33. The van der Waals surface area contributed by atoms with Gasteiger partial charge in [0, 0.05) is 0 Å². The standard InChI is InChI=1S/C17H24N4O3/c1-11(2)24-15-7-6-14(8-16(15)23-5)12(3)20-17(22)13(4)21-10-18-9-19-21/h6-13H,1-5H3,(H,20,22)/t12-,13-/m1/s1. The van der Waals surface area contributed by atoms with E-state index in [1.54, 1.807) is 14.0 Å². The number of amides is 1. The highest BCUT2D eigenvalue weighted by Gasteiger charge is 2.19. The maximum absolute atomic E-state index is 12.3. The summed E-state index contributed by atoms with van der Waals surface area (Å²) in [7, 11) is 1.60. The number of carbonyl (C=O) groups is 1. The molecule has 0 saturated heterocycles. The molecule has 1 aromatic carbocycles. The molecule has 2 atom stereocenters. The van der Waals surface area contributed by atoms with E-state index in [-0.39, 0.29) is 18.1 Å². The van der Waals surface area contributed by atoms with Gasteiger partial charge in [-0.15, -0.1) is 0 Å². The first-order valence-electron chi connectivity index (χ1n) is 7.91. The quantitative estimate of drug-likeness (QED) is 0.843. The molecule has 0 aliphatic rings. The number of nitrogens with zero attached hydrogens (tertiary/aromatic N) is 3. The van der Waals surface area contributed by atoms with Crippen LogP contribution < -0.4 is 14.8 Å². The fourth-order valence-electron chi connectivity index (χ4n) is 2.26. The third kappa shape index (κ3) is 4.24. The van der Waals surface area contributed by atoms with Crippen LogP contribution in [0.15, 0.2) is 30.9 Å². The number of hydrogen-bond acceptors (Lipinski definition) is 5. The van der Waals surface area contributed by atoms with Crippen molar-refractivity contribution < 1.29 is 14.3 Å². The van der Waals surface area contributed by atoms with Crippen molar-refractivity contribution in [2.24, 2.45) is 0 Å². The smallest absolute Gasteiger partial charge is 0.245 e. The molecule has 0 aliphatic carbocycles. The Labute approximate surface area is 142 Å². The molecule has 1 aromatic heterocycles. The molecule has 0 unspecified atom stereocenters. The summed E-state index contributed by atoms with van der Waals surface area (Å²) >= 11 is 0. The van der Waals surface area contributed by atoms with Crippen LogP contribution in [0.2, 0.25) is 0 Å². The molecule has 7 nitrogen and oxygen atoms in total. The first kappa shape index (κ1) is 17.8. The van der Waals surface area contributed by atoms with Crippen LogP contribution in [-0.4, -0.2) is 33.9 Å². The first-order valence-corrected chi connectivity index (χ1v) is 7.91. The zero-order valence-electron chi connectivity index (χ0n) is 14.7. The molecule has 1 N–H and O–H groups in total. The number of aromatic nitrogens is 3. The summed E-state index contributed by atoms with van der Waals surface area (Å²) < 4.78 is 12.6. The molecule has 24 heavy (non-hydrogen) atoms. The van der Waals surface area contributed by atoms with Crippen LogP contribution in [0.5, 0.6) is 11.5 Å². The van der Waals surface area contributed by atoms with Crippen molar-refractivity contribution in [1.82, 2.24) is 20.1 Å². The molecule has 2 aromatic rings. The van der Waals surface area contributed by atoms with E-state index in [9.17, 15) is 4.79 Å². The van der Waals surface area contributed by atoms with Gasteiger partial charge in [0.25, 0.3) is 0 Å². The maximum atomic E-state index is 12.3. The van der Waals surface area contributed by atoms with Gasteiger partial charge in [0.15, 0.2) is 11.5 Å². The fraction of sp³-hybridized carbons (Fsp3) is 0.471. The van der Waals surface area contributed by atoms with Gasteiger partial charge in [-0.05, 0) is 45.4 Å². The molecule has 0 bridgehead atoms. The van der Waals surface area contributed by atoms with E-state index in [2.05, 4.69) is 15.4 Å². The summed E-state index contributed by atoms with van der Waals surface area (Å²) in [4.78, 5) is 16.2. The lowest BCUT2D eigenvalue weighted by atomic mass is 10.1. The van der Waals surface area contributed by atoms with Gasteiger partial charge in [0.2, 0.25) is 5.91 Å². The van der Waals surface area contributed by atoms with Gasteiger partial charge in [-0.1, -0.05) is 6.07 Å². The van der Waals surface area contributed by atoms with Crippen LogP contribution in [0.1, 0.15) is 45.3 Å². The minimum absolute atomic E-state index is 0.0606. The van der Waals surface area contributed by atoms with Crippen LogP contribution in [0.25, 0.3) is 0 Å². The van der Waals surface area contributed by atoms with Crippen LogP contribution in [0, 0.1) is 0 Å². The van der Waals surface area contributed by atoms with Gasteiger partial charge >= 0.3 is 0 Å². The fourth-order valence-corrected chi connectivity index (χ4v) is 2.26. The van der Waals surface area contributed by atoms with Crippen molar-refractivity contribution in [3.05, 3.63) is 36.4 Å². The predicted octanol–water partition coefficient (Wildman–Crippen LogP) is 2.51. The normalized spacial score (nSPS) is 13.4. The number of carbonyl (C=O) groups excluding carboxylic acids is 1. The monoisotopic (exact) mass is 332 g/mol. The minimum Gasteiger partial charge on any atom is -0.493 e. The van der Waals surface area contributed by atoms with Gasteiger partial charge in [-0.3, -0.25) is 4.79 Å². The Hall–Kier alpha value is -2.57. The Morgan fingerprint density at radius 3 is 2.54 bits per heavy atom. The van der Waals surface area contributed by atoms with Crippen LogP contribution in [0.4, 0.5) is 0 Å². The molecule has 0 radical (unpaired) electrons. The number of hydrogen-bond donors (Lipinski definition) is 1. The number of nitrogens with one attached hydrogen (secondary N) is 1. The Balaban J connectivity index is 2.09. The number of methoxy groups -OCH3 is 1. The summed E-state index contributed by atoms with van der Waals surface area (Å²) in [6, 6.07) is 5.05. The molecular formula is C17H24N4O3. The van der Waals surface area contributed by atoms with Gasteiger partial charge in [-0.2, -0.15) is 5.10 Å². The van der Waals surface area contributed by atoms with E-state index in [1.165, 1.54) is 17.3 Å². The van der Waals surface area contributed by atoms with E-state index < -0.39 is 6.04 Å². The minimum atomic E-state index is -0.430. The summed E-state index contributed by atoms with van der Waals surface area (Å²) in [6.45, 7) is 7.62. The SMILES string of the molecule is COc1cc([C@@H](C)NC(=O)[C@@H](C)n2cncn2)ccc1OC(C)C. The molecule has 7 heteroatoms. The van der Waals surface area contributed by atoms with Crippen molar-refractivity contribution >= 4 is 5.91 Å². The molecule has 1 amide bonds. The summed E-state index contributed by atoms with van der Waals surface area (Å²) in [6.07, 6.45) is 2.99. The second-order valence-electron chi connectivity index (χ2n) is 5.86. The lowest BCUT2D eigenvalue weighted by molar-refractivity contribution is -0.124. The van der Waals surface area contributed by atoms with E-state index in [1.807, 2.05) is 39.0 Å². The van der Waals surface area contributed by atoms with Gasteiger partial charge < -0.3 is 14.8 Å². The average Bonchev–Trinajstić information content (AvgIpc) is 3.08. The second kappa shape index (κ2) is 7.81. The van der Waals surface area contributed by atoms with Crippen molar-refractivity contribution in [1.29, 1.82) is 0 Å². The lowest BCUT2D eigenvalue weighted by Gasteiger charge is -2.20. The summed E-state index contributed by atoms with van der Waals surface area (Å²) in [5, 5.41) is 6.96. The molecular weight excluding hydrogens is 308 g/mol. The largest absolute Gasteiger partial charge is 0.493 e. The second-order valence-corrected chi connectivity index (χ2v) is 5.86. The topological polar surface area (TPSA) is 78.3 Å². The molecule has 0 aliphatic heterocycles. The molecule has 0 saturated carbocycles. The molecule has 2 rings (SSSR count). The third-order valence-corrected chi connectivity index (χ3v) is 3.62. The van der Waals surface area contributed by atoms with Crippen LogP contribution in [-0.2, 0) is 4.79 Å². The Morgan fingerprint density at radius 1 is 1.21 bits per heavy atom. The van der Waals surface area contributed by atoms with Crippen LogP contribution >= 0.6 is 0 Å². The maximum Gasteiger partial charge on any atom is 0.245 e. The third-order valence-electron chi connectivity index (χ3n) is 3.62. The van der Waals surface area contributed by atoms with Gasteiger partial charge in [0.1, 0.15) is 18.7 Å². The van der Waals surface area contributed by atoms with Crippen molar-refractivity contribution in [3.8, 4) is 11.5 Å². The van der Waals surface area contributed by atoms with Crippen molar-refractivity contribution in [2.45, 2.75) is 45.9 Å². The van der Waals surface area contributed by atoms with Gasteiger partial charge in [0.05, 0.1) is 19.3 Å². The number of benzene rings is 1. The van der Waals surface area contributed by atoms with Crippen molar-refractivity contribution in [3.63, 3.8) is 0 Å². The van der Waals surface area contributed by atoms with E-state index in [0.29, 0.717) is 11.5 Å².